The molecule has 0 spiro atoms. The van der Waals surface area contributed by atoms with Gasteiger partial charge in [0.15, 0.2) is 11.0 Å². The number of pyridine rings is 1. The van der Waals surface area contributed by atoms with Crippen LogP contribution in [-0.4, -0.2) is 57.7 Å². The zero-order valence-corrected chi connectivity index (χ0v) is 26.5. The Bertz CT molecular complexity index is 1870. The van der Waals surface area contributed by atoms with Gasteiger partial charge in [-0.25, -0.2) is 23.4 Å². The second-order valence-corrected chi connectivity index (χ2v) is 15.0. The van der Waals surface area contributed by atoms with Crippen LogP contribution in [0.2, 0.25) is 5.15 Å². The summed E-state index contributed by atoms with van der Waals surface area (Å²) in [4.78, 5) is 16.1. The van der Waals surface area contributed by atoms with Gasteiger partial charge in [-0.2, -0.15) is 10.4 Å². The van der Waals surface area contributed by atoms with Crippen molar-refractivity contribution >= 4 is 49.5 Å². The molecule has 1 N–H and O–H groups in total. The van der Waals surface area contributed by atoms with E-state index in [1.54, 1.807) is 16.9 Å². The van der Waals surface area contributed by atoms with E-state index in [4.69, 9.17) is 21.6 Å². The SMILES string of the molecule is CC(C)c1ccc(N2C[C@H](CS(C)(=O)=O)[C@H]2C)c2cnc(Nc3ccnc(-c4cn(C5CCC5(C)C#N)nc4Cl)n3)cc12. The third-order valence-electron chi connectivity index (χ3n) is 9.05. The van der Waals surface area contributed by atoms with Gasteiger partial charge < -0.3 is 10.2 Å². The van der Waals surface area contributed by atoms with Gasteiger partial charge >= 0.3 is 0 Å². The highest BCUT2D eigenvalue weighted by Crippen LogP contribution is 2.49. The number of nitrogens with one attached hydrogen (secondary N) is 1. The molecular weight excluding hydrogens is 584 g/mol. The number of nitrogens with zero attached hydrogens (tertiary/aromatic N) is 7. The molecule has 3 aromatic heterocycles. The Hall–Kier alpha value is -3.75. The minimum Gasteiger partial charge on any atom is -0.368 e. The maximum Gasteiger partial charge on any atom is 0.166 e. The van der Waals surface area contributed by atoms with Gasteiger partial charge in [0, 0.05) is 54.4 Å². The van der Waals surface area contributed by atoms with Crippen molar-refractivity contribution in [2.45, 2.75) is 58.5 Å². The van der Waals surface area contributed by atoms with E-state index in [1.807, 2.05) is 25.4 Å². The van der Waals surface area contributed by atoms with Gasteiger partial charge in [-0.05, 0) is 61.8 Å². The number of hydrogen-bond donors (Lipinski definition) is 1. The number of benzene rings is 1. The van der Waals surface area contributed by atoms with E-state index in [0.717, 1.165) is 29.3 Å². The van der Waals surface area contributed by atoms with Crippen molar-refractivity contribution < 1.29 is 8.42 Å². The van der Waals surface area contributed by atoms with Crippen LogP contribution in [0.25, 0.3) is 22.2 Å². The molecule has 0 bridgehead atoms. The summed E-state index contributed by atoms with van der Waals surface area (Å²) in [5.74, 6) is 2.24. The van der Waals surface area contributed by atoms with Crippen molar-refractivity contribution in [1.29, 1.82) is 5.26 Å². The predicted molar refractivity (Wildman–Crippen MR) is 169 cm³/mol. The summed E-state index contributed by atoms with van der Waals surface area (Å²) in [6.45, 7) is 9.06. The maximum absolute atomic E-state index is 11.9. The standard InChI is InChI=1S/C31H35ClN8O2S/c1-18(2)21-6-7-25(39-14-20(19(39)3)16-43(5,41)42)23-13-35-28(12-22(21)23)36-27-9-11-34-30(37-27)24-15-40(38-29(24)32)26-8-10-31(26,4)17-33/h6-7,9,11-13,15,18-20,26H,8,10,14,16H2,1-5H3,(H,34,35,36,37)/t19-,20-,26?,31?/m1/s1. The van der Waals surface area contributed by atoms with Crippen molar-refractivity contribution in [3.63, 3.8) is 0 Å². The molecule has 1 aromatic carbocycles. The first-order valence-electron chi connectivity index (χ1n) is 14.5. The molecular formula is C31H35ClN8O2S. The molecule has 2 fully saturated rings. The molecule has 4 atom stereocenters. The topological polar surface area (TPSA) is 130 Å². The van der Waals surface area contributed by atoms with Crippen molar-refractivity contribution in [3.05, 3.63) is 53.6 Å². The molecule has 2 unspecified atom stereocenters. The molecule has 1 aliphatic heterocycles. The number of nitriles is 1. The van der Waals surface area contributed by atoms with Gasteiger partial charge in [-0.15, -0.1) is 0 Å². The van der Waals surface area contributed by atoms with E-state index in [9.17, 15) is 13.7 Å². The number of fused-ring (bicyclic) bond motifs is 1. The lowest BCUT2D eigenvalue weighted by molar-refractivity contribution is 0.111. The summed E-state index contributed by atoms with van der Waals surface area (Å²) in [6.07, 6.45) is 8.37. The Balaban J connectivity index is 1.28. The normalized spacial score (nSPS) is 23.6. The second kappa shape index (κ2) is 10.8. The van der Waals surface area contributed by atoms with Gasteiger partial charge in [0.25, 0.3) is 0 Å². The number of hydrogen-bond acceptors (Lipinski definition) is 9. The first-order valence-corrected chi connectivity index (χ1v) is 16.9. The van der Waals surface area contributed by atoms with Crippen molar-refractivity contribution in [2.75, 3.05) is 28.8 Å². The van der Waals surface area contributed by atoms with E-state index in [0.29, 0.717) is 40.6 Å². The number of rotatable bonds is 8. The monoisotopic (exact) mass is 618 g/mol. The lowest BCUT2D eigenvalue weighted by Gasteiger charge is -2.48. The van der Waals surface area contributed by atoms with Gasteiger partial charge in [0.2, 0.25) is 0 Å². The zero-order valence-electron chi connectivity index (χ0n) is 24.9. The maximum atomic E-state index is 11.9. The van der Waals surface area contributed by atoms with Crippen LogP contribution < -0.4 is 10.2 Å². The molecule has 12 heteroatoms. The fourth-order valence-electron chi connectivity index (χ4n) is 6.29. The predicted octanol–water partition coefficient (Wildman–Crippen LogP) is 6.14. The van der Waals surface area contributed by atoms with Crippen LogP contribution in [-0.2, 0) is 9.84 Å². The Morgan fingerprint density at radius 3 is 2.65 bits per heavy atom. The summed E-state index contributed by atoms with van der Waals surface area (Å²) in [7, 11) is -3.03. The van der Waals surface area contributed by atoms with Crippen LogP contribution in [0.1, 0.15) is 58.1 Å². The molecule has 1 saturated heterocycles. The van der Waals surface area contributed by atoms with E-state index in [1.165, 1.54) is 11.8 Å². The fraction of sp³-hybridized carbons (Fsp3) is 0.452. The van der Waals surface area contributed by atoms with Crippen LogP contribution >= 0.6 is 11.6 Å². The van der Waals surface area contributed by atoms with Crippen molar-refractivity contribution in [2.24, 2.45) is 11.3 Å². The van der Waals surface area contributed by atoms with E-state index >= 15 is 0 Å². The highest BCUT2D eigenvalue weighted by Gasteiger charge is 2.45. The Labute approximate surface area is 257 Å². The highest BCUT2D eigenvalue weighted by molar-refractivity contribution is 7.90. The summed E-state index contributed by atoms with van der Waals surface area (Å²) >= 11 is 6.51. The largest absolute Gasteiger partial charge is 0.368 e. The second-order valence-electron chi connectivity index (χ2n) is 12.5. The molecule has 4 aromatic rings. The molecule has 1 aliphatic carbocycles. The highest BCUT2D eigenvalue weighted by atomic mass is 35.5. The van der Waals surface area contributed by atoms with Gasteiger partial charge in [-0.3, -0.25) is 4.68 Å². The quantitative estimate of drug-likeness (QED) is 0.247. The first kappa shape index (κ1) is 29.3. The third-order valence-corrected chi connectivity index (χ3v) is 10.4. The van der Waals surface area contributed by atoms with Gasteiger partial charge in [0.1, 0.15) is 21.5 Å². The molecule has 4 heterocycles. The smallest absolute Gasteiger partial charge is 0.166 e. The van der Waals surface area contributed by atoms with Gasteiger partial charge in [0.05, 0.1) is 28.8 Å². The van der Waals surface area contributed by atoms with Crippen molar-refractivity contribution in [1.82, 2.24) is 24.7 Å². The molecule has 1 saturated carbocycles. The average molecular weight is 619 g/mol. The Morgan fingerprint density at radius 2 is 2.00 bits per heavy atom. The molecule has 2 aliphatic rings. The van der Waals surface area contributed by atoms with E-state index < -0.39 is 15.3 Å². The van der Waals surface area contributed by atoms with Crippen LogP contribution in [0, 0.1) is 22.7 Å². The number of aromatic nitrogens is 5. The Kier molecular flexibility index (Phi) is 7.33. The van der Waals surface area contributed by atoms with E-state index in [2.05, 4.69) is 59.3 Å². The van der Waals surface area contributed by atoms with Crippen molar-refractivity contribution in [3.8, 4) is 17.5 Å². The summed E-state index contributed by atoms with van der Waals surface area (Å²) < 4.78 is 25.5. The molecule has 0 amide bonds. The number of anilines is 3. The van der Waals surface area contributed by atoms with Crippen LogP contribution in [0.15, 0.2) is 42.9 Å². The molecule has 6 rings (SSSR count). The third kappa shape index (κ3) is 5.43. The number of sulfone groups is 1. The van der Waals surface area contributed by atoms with Crippen LogP contribution in [0.3, 0.4) is 0 Å². The van der Waals surface area contributed by atoms with Crippen LogP contribution in [0.5, 0.6) is 0 Å². The molecule has 43 heavy (non-hydrogen) atoms. The van der Waals surface area contributed by atoms with E-state index in [-0.39, 0.29) is 23.8 Å². The summed E-state index contributed by atoms with van der Waals surface area (Å²) in [5.41, 5.74) is 2.41. The molecule has 10 nitrogen and oxygen atoms in total. The summed E-state index contributed by atoms with van der Waals surface area (Å²) in [5, 5.41) is 19.8. The molecule has 0 radical (unpaired) electrons. The summed E-state index contributed by atoms with van der Waals surface area (Å²) in [6, 6.07) is 10.6. The number of halogens is 1. The first-order chi connectivity index (χ1) is 20.4. The average Bonchev–Trinajstić information content (AvgIpc) is 3.33. The van der Waals surface area contributed by atoms with Gasteiger partial charge in [-0.1, -0.05) is 31.5 Å². The minimum absolute atomic E-state index is 0.0308. The lowest BCUT2D eigenvalue weighted by atomic mass is 9.67. The molecule has 224 valence electrons. The minimum atomic E-state index is -3.03. The fourth-order valence-corrected chi connectivity index (χ4v) is 7.67. The Morgan fingerprint density at radius 1 is 1.21 bits per heavy atom. The lowest BCUT2D eigenvalue weighted by Crippen LogP contribution is -2.57. The zero-order chi connectivity index (χ0) is 30.7. The van der Waals surface area contributed by atoms with Crippen LogP contribution in [0.4, 0.5) is 17.3 Å².